The van der Waals surface area contributed by atoms with Gasteiger partial charge in [-0.2, -0.15) is 4.57 Å². The average molecular weight is 405 g/mol. The van der Waals surface area contributed by atoms with Gasteiger partial charge in [0.25, 0.3) is 6.33 Å². The average Bonchev–Trinajstić information content (AvgIpc) is 2.96. The zero-order valence-electron chi connectivity index (χ0n) is 12.1. The summed E-state index contributed by atoms with van der Waals surface area (Å²) in [5.74, 6) is 0. The molecule has 112 valence electrons. The molecule has 0 bridgehead atoms. The summed E-state index contributed by atoms with van der Waals surface area (Å²) in [4.78, 5) is 14.5. The topological polar surface area (TPSA) is 29.1 Å². The van der Waals surface area contributed by atoms with Crippen molar-refractivity contribution in [1.29, 1.82) is 0 Å². The fraction of sp³-hybridized carbons (Fsp3) is 0.0588. The Kier molecular flexibility index (Phi) is 5.32. The molecular weight excluding hydrogens is 389 g/mol. The SMILES string of the molecule is C[n+]1ccn(C(=O)N(c2ccccc2)c2ccccc2)c1.[I-]. The highest BCUT2D eigenvalue weighted by molar-refractivity contribution is 6.00. The van der Waals surface area contributed by atoms with Crippen molar-refractivity contribution in [3.05, 3.63) is 79.4 Å². The van der Waals surface area contributed by atoms with Crippen molar-refractivity contribution < 1.29 is 33.3 Å². The number of carbonyl (C=O) groups excluding carboxylic acids is 1. The van der Waals surface area contributed by atoms with Gasteiger partial charge in [0.2, 0.25) is 0 Å². The molecule has 0 atom stereocenters. The first-order valence-corrected chi connectivity index (χ1v) is 6.73. The van der Waals surface area contributed by atoms with Crippen LogP contribution in [0.2, 0.25) is 0 Å². The fourth-order valence-corrected chi connectivity index (χ4v) is 2.20. The van der Waals surface area contributed by atoms with Crippen LogP contribution < -0.4 is 33.4 Å². The third-order valence-corrected chi connectivity index (χ3v) is 3.21. The van der Waals surface area contributed by atoms with Crippen LogP contribution in [-0.4, -0.2) is 10.6 Å². The molecule has 0 unspecified atom stereocenters. The highest BCUT2D eigenvalue weighted by atomic mass is 127. The summed E-state index contributed by atoms with van der Waals surface area (Å²) < 4.78 is 3.41. The molecule has 0 saturated heterocycles. The van der Waals surface area contributed by atoms with Gasteiger partial charge >= 0.3 is 6.03 Å². The molecule has 22 heavy (non-hydrogen) atoms. The monoisotopic (exact) mass is 405 g/mol. The molecule has 0 aliphatic rings. The predicted octanol–water partition coefficient (Wildman–Crippen LogP) is 0.123. The molecule has 0 saturated carbocycles. The maximum Gasteiger partial charge on any atom is 0.424 e. The van der Waals surface area contributed by atoms with Crippen LogP contribution in [0.4, 0.5) is 16.2 Å². The molecule has 1 heterocycles. The number of imidazole rings is 1. The first kappa shape index (κ1) is 16.2. The molecule has 0 radical (unpaired) electrons. The fourth-order valence-electron chi connectivity index (χ4n) is 2.20. The number of aryl methyl sites for hydroxylation is 1. The molecule has 3 rings (SSSR count). The Morgan fingerprint density at radius 3 is 1.86 bits per heavy atom. The Morgan fingerprint density at radius 1 is 0.955 bits per heavy atom. The van der Waals surface area contributed by atoms with Gasteiger partial charge < -0.3 is 24.0 Å². The van der Waals surface area contributed by atoms with E-state index in [1.807, 2.05) is 78.5 Å². The van der Waals surface area contributed by atoms with E-state index in [0.29, 0.717) is 0 Å². The molecule has 1 aromatic heterocycles. The number of hydrogen-bond donors (Lipinski definition) is 0. The lowest BCUT2D eigenvalue weighted by atomic mass is 10.2. The number of para-hydroxylation sites is 2. The number of anilines is 2. The zero-order valence-corrected chi connectivity index (χ0v) is 14.3. The summed E-state index contributed by atoms with van der Waals surface area (Å²) in [7, 11) is 1.89. The van der Waals surface area contributed by atoms with Crippen molar-refractivity contribution in [2.24, 2.45) is 7.05 Å². The molecule has 0 N–H and O–H groups in total. The van der Waals surface area contributed by atoms with Crippen molar-refractivity contribution in [2.45, 2.75) is 0 Å². The maximum atomic E-state index is 12.8. The Labute approximate surface area is 146 Å². The van der Waals surface area contributed by atoms with Crippen LogP contribution in [0.3, 0.4) is 0 Å². The second-order valence-corrected chi connectivity index (χ2v) is 4.78. The number of aromatic nitrogens is 2. The van der Waals surface area contributed by atoms with Gasteiger partial charge in [0.05, 0.1) is 18.4 Å². The highest BCUT2D eigenvalue weighted by Gasteiger charge is 2.23. The molecule has 1 amide bonds. The van der Waals surface area contributed by atoms with E-state index in [1.165, 1.54) is 0 Å². The largest absolute Gasteiger partial charge is 1.00 e. The van der Waals surface area contributed by atoms with E-state index in [0.717, 1.165) is 11.4 Å². The quantitative estimate of drug-likeness (QED) is 0.440. The first-order chi connectivity index (χ1) is 10.3. The van der Waals surface area contributed by atoms with Crippen LogP contribution in [0.15, 0.2) is 79.4 Å². The van der Waals surface area contributed by atoms with Crippen molar-refractivity contribution >= 4 is 17.4 Å². The molecule has 3 aromatic rings. The van der Waals surface area contributed by atoms with Crippen LogP contribution in [0, 0.1) is 0 Å². The van der Waals surface area contributed by atoms with Gasteiger partial charge in [-0.1, -0.05) is 36.4 Å². The standard InChI is InChI=1S/C17H16N3O.HI/c1-18-12-13-19(14-18)17(21)20(15-8-4-2-5-9-15)16-10-6-3-7-11-16;/h2-14H,1H3;1H/q+1;/p-1. The van der Waals surface area contributed by atoms with Crippen LogP contribution in [-0.2, 0) is 7.05 Å². The molecule has 0 fully saturated rings. The number of hydrogen-bond acceptors (Lipinski definition) is 1. The Bertz CT molecular complexity index is 701. The van der Waals surface area contributed by atoms with Crippen LogP contribution in [0.1, 0.15) is 0 Å². The van der Waals surface area contributed by atoms with E-state index >= 15 is 0 Å². The number of halogens is 1. The summed E-state index contributed by atoms with van der Waals surface area (Å²) in [6.07, 6.45) is 5.34. The molecule has 0 aliphatic carbocycles. The lowest BCUT2D eigenvalue weighted by Gasteiger charge is -2.20. The van der Waals surface area contributed by atoms with E-state index in [-0.39, 0.29) is 30.0 Å². The minimum Gasteiger partial charge on any atom is -1.00 e. The van der Waals surface area contributed by atoms with Gasteiger partial charge in [0.15, 0.2) is 0 Å². The smallest absolute Gasteiger partial charge is 0.424 e. The van der Waals surface area contributed by atoms with Crippen molar-refractivity contribution in [1.82, 2.24) is 4.57 Å². The number of nitrogens with zero attached hydrogens (tertiary/aromatic N) is 3. The lowest BCUT2D eigenvalue weighted by molar-refractivity contribution is -0.670. The number of amides is 1. The Morgan fingerprint density at radius 2 is 1.45 bits per heavy atom. The van der Waals surface area contributed by atoms with E-state index in [1.54, 1.807) is 22.0 Å². The van der Waals surface area contributed by atoms with Crippen molar-refractivity contribution in [2.75, 3.05) is 4.90 Å². The molecular formula is C17H16IN3O. The minimum atomic E-state index is -0.118. The maximum absolute atomic E-state index is 12.8. The minimum absolute atomic E-state index is 0. The lowest BCUT2D eigenvalue weighted by Crippen LogP contribution is -3.00. The van der Waals surface area contributed by atoms with E-state index < -0.39 is 0 Å². The van der Waals surface area contributed by atoms with Crippen LogP contribution in [0.5, 0.6) is 0 Å². The van der Waals surface area contributed by atoms with Crippen molar-refractivity contribution in [3.8, 4) is 0 Å². The number of benzene rings is 2. The Hall–Kier alpha value is -2.15. The van der Waals surface area contributed by atoms with Gasteiger partial charge in [-0.05, 0) is 24.3 Å². The number of carbonyl (C=O) groups is 1. The van der Waals surface area contributed by atoms with E-state index in [2.05, 4.69) is 0 Å². The second-order valence-electron chi connectivity index (χ2n) is 4.78. The summed E-state index contributed by atoms with van der Waals surface area (Å²) in [5.41, 5.74) is 1.68. The number of rotatable bonds is 2. The van der Waals surface area contributed by atoms with Crippen LogP contribution >= 0.6 is 0 Å². The summed E-state index contributed by atoms with van der Waals surface area (Å²) >= 11 is 0. The second kappa shape index (κ2) is 7.22. The van der Waals surface area contributed by atoms with E-state index in [9.17, 15) is 4.79 Å². The third kappa shape index (κ3) is 3.36. The molecule has 5 heteroatoms. The van der Waals surface area contributed by atoms with Crippen LogP contribution in [0.25, 0.3) is 0 Å². The van der Waals surface area contributed by atoms with E-state index in [4.69, 9.17) is 0 Å². The Balaban J connectivity index is 0.00000176. The van der Waals surface area contributed by atoms with Gasteiger partial charge in [-0.3, -0.25) is 0 Å². The predicted molar refractivity (Wildman–Crippen MR) is 81.4 cm³/mol. The summed E-state index contributed by atoms with van der Waals surface area (Å²) in [6, 6.07) is 19.2. The molecule has 0 aliphatic heterocycles. The summed E-state index contributed by atoms with van der Waals surface area (Å²) in [5, 5.41) is 0. The highest BCUT2D eigenvalue weighted by Crippen LogP contribution is 2.25. The van der Waals surface area contributed by atoms with Gasteiger partial charge in [-0.15, -0.1) is 0 Å². The normalized spacial score (nSPS) is 9.86. The first-order valence-electron chi connectivity index (χ1n) is 6.73. The van der Waals surface area contributed by atoms with Gasteiger partial charge in [-0.25, -0.2) is 14.3 Å². The van der Waals surface area contributed by atoms with Gasteiger partial charge in [0, 0.05) is 0 Å². The summed E-state index contributed by atoms with van der Waals surface area (Å²) in [6.45, 7) is 0. The molecule has 0 spiro atoms. The zero-order chi connectivity index (χ0) is 14.7. The third-order valence-electron chi connectivity index (χ3n) is 3.21. The van der Waals surface area contributed by atoms with Crippen molar-refractivity contribution in [3.63, 3.8) is 0 Å². The van der Waals surface area contributed by atoms with Gasteiger partial charge in [0.1, 0.15) is 12.4 Å². The molecule has 4 nitrogen and oxygen atoms in total. The molecule has 2 aromatic carbocycles.